The molecule has 0 spiro atoms. The van der Waals surface area contributed by atoms with Crippen LogP contribution in [0.5, 0.6) is 0 Å². The highest BCUT2D eigenvalue weighted by molar-refractivity contribution is 4.88. The van der Waals surface area contributed by atoms with Gasteiger partial charge in [-0.15, -0.1) is 5.10 Å². The standard InChI is InChI=1S/C12H24N6/c1-3-4-5-18-12(14-15-16-18)9-17-8-11(7-13)6-10(17)2/h10-11H,3-9,13H2,1-2H3. The Labute approximate surface area is 109 Å². The summed E-state index contributed by atoms with van der Waals surface area (Å²) in [5.41, 5.74) is 5.76. The van der Waals surface area contributed by atoms with Gasteiger partial charge in [0.25, 0.3) is 0 Å². The third-order valence-electron chi connectivity index (χ3n) is 3.80. The summed E-state index contributed by atoms with van der Waals surface area (Å²) in [7, 11) is 0. The van der Waals surface area contributed by atoms with Gasteiger partial charge in [0.2, 0.25) is 0 Å². The molecule has 0 saturated carbocycles. The molecule has 6 nitrogen and oxygen atoms in total. The van der Waals surface area contributed by atoms with Gasteiger partial charge in [-0.2, -0.15) is 0 Å². The van der Waals surface area contributed by atoms with Gasteiger partial charge >= 0.3 is 0 Å². The minimum Gasteiger partial charge on any atom is -0.330 e. The smallest absolute Gasteiger partial charge is 0.165 e. The van der Waals surface area contributed by atoms with E-state index in [2.05, 4.69) is 34.3 Å². The van der Waals surface area contributed by atoms with Crippen LogP contribution in [0.2, 0.25) is 0 Å². The molecule has 0 aromatic carbocycles. The molecule has 2 atom stereocenters. The number of rotatable bonds is 6. The maximum Gasteiger partial charge on any atom is 0.165 e. The molecular weight excluding hydrogens is 228 g/mol. The van der Waals surface area contributed by atoms with Crippen LogP contribution in [0, 0.1) is 5.92 Å². The lowest BCUT2D eigenvalue weighted by Gasteiger charge is -2.20. The van der Waals surface area contributed by atoms with Crippen LogP contribution in [0.15, 0.2) is 0 Å². The average Bonchev–Trinajstić information content (AvgIpc) is 2.95. The van der Waals surface area contributed by atoms with Crippen molar-refractivity contribution in [1.82, 2.24) is 25.1 Å². The van der Waals surface area contributed by atoms with E-state index in [9.17, 15) is 0 Å². The topological polar surface area (TPSA) is 72.9 Å². The molecule has 0 radical (unpaired) electrons. The molecule has 0 aliphatic carbocycles. The van der Waals surface area contributed by atoms with Crippen molar-refractivity contribution in [3.05, 3.63) is 5.82 Å². The highest BCUT2D eigenvalue weighted by atomic mass is 15.5. The zero-order chi connectivity index (χ0) is 13.0. The Morgan fingerprint density at radius 2 is 2.28 bits per heavy atom. The molecule has 2 heterocycles. The minimum absolute atomic E-state index is 0.579. The Morgan fingerprint density at radius 3 is 2.94 bits per heavy atom. The van der Waals surface area contributed by atoms with Gasteiger partial charge in [-0.25, -0.2) is 4.68 Å². The van der Waals surface area contributed by atoms with Crippen LogP contribution in [-0.2, 0) is 13.1 Å². The van der Waals surface area contributed by atoms with E-state index in [0.29, 0.717) is 12.0 Å². The molecule has 1 aliphatic rings. The highest BCUT2D eigenvalue weighted by Crippen LogP contribution is 2.23. The van der Waals surface area contributed by atoms with E-state index >= 15 is 0 Å². The molecule has 2 N–H and O–H groups in total. The van der Waals surface area contributed by atoms with Crippen molar-refractivity contribution >= 4 is 0 Å². The number of nitrogens with two attached hydrogens (primary N) is 1. The van der Waals surface area contributed by atoms with E-state index in [4.69, 9.17) is 5.73 Å². The number of hydrogen-bond acceptors (Lipinski definition) is 5. The summed E-state index contributed by atoms with van der Waals surface area (Å²) in [4.78, 5) is 2.44. The Bertz CT molecular complexity index is 363. The van der Waals surface area contributed by atoms with Crippen LogP contribution < -0.4 is 5.73 Å². The maximum absolute atomic E-state index is 5.76. The van der Waals surface area contributed by atoms with Crippen molar-refractivity contribution in [1.29, 1.82) is 0 Å². The molecule has 1 aromatic heterocycles. The van der Waals surface area contributed by atoms with Crippen LogP contribution in [0.4, 0.5) is 0 Å². The molecule has 6 heteroatoms. The largest absolute Gasteiger partial charge is 0.330 e. The molecule has 1 aromatic rings. The molecule has 2 unspecified atom stereocenters. The third-order valence-corrected chi connectivity index (χ3v) is 3.80. The number of aryl methyl sites for hydroxylation is 1. The van der Waals surface area contributed by atoms with Gasteiger partial charge in [0.1, 0.15) is 0 Å². The lowest BCUT2D eigenvalue weighted by atomic mass is 10.1. The Balaban J connectivity index is 1.95. The summed E-state index contributed by atoms with van der Waals surface area (Å²) in [5.74, 6) is 1.60. The van der Waals surface area contributed by atoms with Crippen molar-refractivity contribution in [2.75, 3.05) is 13.1 Å². The Hall–Kier alpha value is -1.01. The van der Waals surface area contributed by atoms with E-state index < -0.39 is 0 Å². The second kappa shape index (κ2) is 6.24. The van der Waals surface area contributed by atoms with Gasteiger partial charge in [0.15, 0.2) is 5.82 Å². The monoisotopic (exact) mass is 252 g/mol. The first-order valence-corrected chi connectivity index (χ1v) is 6.93. The summed E-state index contributed by atoms with van der Waals surface area (Å²) in [6.07, 6.45) is 3.47. The van der Waals surface area contributed by atoms with Gasteiger partial charge in [-0.3, -0.25) is 4.90 Å². The molecule has 1 saturated heterocycles. The normalized spacial score (nSPS) is 24.8. The predicted molar refractivity (Wildman–Crippen MR) is 69.8 cm³/mol. The quantitative estimate of drug-likeness (QED) is 0.804. The van der Waals surface area contributed by atoms with E-state index in [0.717, 1.165) is 44.8 Å². The van der Waals surface area contributed by atoms with Gasteiger partial charge in [0.05, 0.1) is 6.54 Å². The number of tetrazole rings is 1. The van der Waals surface area contributed by atoms with Crippen LogP contribution in [0.3, 0.4) is 0 Å². The fraction of sp³-hybridized carbons (Fsp3) is 0.917. The molecule has 1 fully saturated rings. The van der Waals surface area contributed by atoms with Gasteiger partial charge in [-0.05, 0) is 42.7 Å². The average molecular weight is 252 g/mol. The summed E-state index contributed by atoms with van der Waals surface area (Å²) in [6.45, 7) is 8.05. The van der Waals surface area contributed by atoms with Crippen LogP contribution in [0.1, 0.15) is 38.9 Å². The lowest BCUT2D eigenvalue weighted by Crippen LogP contribution is -2.29. The highest BCUT2D eigenvalue weighted by Gasteiger charge is 2.29. The van der Waals surface area contributed by atoms with Crippen LogP contribution in [0.25, 0.3) is 0 Å². The van der Waals surface area contributed by atoms with Gasteiger partial charge < -0.3 is 5.73 Å². The SMILES string of the molecule is CCCCn1nnnc1CN1CC(CN)CC1C. The molecule has 1 aliphatic heterocycles. The summed E-state index contributed by atoms with van der Waals surface area (Å²) in [6, 6.07) is 0.579. The lowest BCUT2D eigenvalue weighted by molar-refractivity contribution is 0.244. The van der Waals surface area contributed by atoms with Gasteiger partial charge in [-0.1, -0.05) is 13.3 Å². The second-order valence-electron chi connectivity index (χ2n) is 5.29. The zero-order valence-electron chi connectivity index (χ0n) is 11.4. The molecule has 18 heavy (non-hydrogen) atoms. The first-order chi connectivity index (χ1) is 8.74. The van der Waals surface area contributed by atoms with Crippen molar-refractivity contribution in [2.45, 2.75) is 52.2 Å². The number of hydrogen-bond donors (Lipinski definition) is 1. The van der Waals surface area contributed by atoms with E-state index in [1.165, 1.54) is 6.42 Å². The second-order valence-corrected chi connectivity index (χ2v) is 5.29. The number of likely N-dealkylation sites (tertiary alicyclic amines) is 1. The number of aromatic nitrogens is 4. The Morgan fingerprint density at radius 1 is 1.44 bits per heavy atom. The summed E-state index contributed by atoms with van der Waals surface area (Å²) < 4.78 is 1.94. The van der Waals surface area contributed by atoms with Gasteiger partial charge in [0, 0.05) is 19.1 Å². The molecule has 102 valence electrons. The fourth-order valence-electron chi connectivity index (χ4n) is 2.61. The van der Waals surface area contributed by atoms with Crippen molar-refractivity contribution in [3.8, 4) is 0 Å². The maximum atomic E-state index is 5.76. The third kappa shape index (κ3) is 3.05. The van der Waals surface area contributed by atoms with E-state index in [1.54, 1.807) is 0 Å². The number of unbranched alkanes of at least 4 members (excludes halogenated alkanes) is 1. The van der Waals surface area contributed by atoms with E-state index in [-0.39, 0.29) is 0 Å². The molecule has 2 rings (SSSR count). The van der Waals surface area contributed by atoms with Crippen molar-refractivity contribution < 1.29 is 0 Å². The van der Waals surface area contributed by atoms with Crippen LogP contribution >= 0.6 is 0 Å². The zero-order valence-corrected chi connectivity index (χ0v) is 11.4. The Kier molecular flexibility index (Phi) is 4.66. The van der Waals surface area contributed by atoms with Crippen LogP contribution in [-0.4, -0.2) is 44.2 Å². The minimum atomic E-state index is 0.579. The molecule has 0 bridgehead atoms. The predicted octanol–water partition coefficient (Wildman–Crippen LogP) is 0.642. The summed E-state index contributed by atoms with van der Waals surface area (Å²) >= 11 is 0. The van der Waals surface area contributed by atoms with E-state index in [1.807, 2.05) is 4.68 Å². The first-order valence-electron chi connectivity index (χ1n) is 6.93. The van der Waals surface area contributed by atoms with Crippen molar-refractivity contribution in [3.63, 3.8) is 0 Å². The summed E-state index contributed by atoms with van der Waals surface area (Å²) in [5, 5.41) is 12.0. The molecular formula is C12H24N6. The van der Waals surface area contributed by atoms with Crippen molar-refractivity contribution in [2.24, 2.45) is 11.7 Å². The fourth-order valence-corrected chi connectivity index (χ4v) is 2.61. The molecule has 0 amide bonds. The number of nitrogens with zero attached hydrogens (tertiary/aromatic N) is 5. The first kappa shape index (κ1) is 13.4.